The van der Waals surface area contributed by atoms with Gasteiger partial charge >= 0.3 is 6.18 Å². The van der Waals surface area contributed by atoms with Gasteiger partial charge in [-0.15, -0.1) is 10.2 Å². The predicted octanol–water partition coefficient (Wildman–Crippen LogP) is 5.31. The van der Waals surface area contributed by atoms with Crippen molar-refractivity contribution >= 4 is 0 Å². The van der Waals surface area contributed by atoms with Crippen molar-refractivity contribution in [3.8, 4) is 23.1 Å². The van der Waals surface area contributed by atoms with Crippen LogP contribution in [0.4, 0.5) is 13.2 Å². The third-order valence-corrected chi connectivity index (χ3v) is 4.29. The smallest absolute Gasteiger partial charge is 0.416 e. The van der Waals surface area contributed by atoms with E-state index in [0.717, 1.165) is 23.3 Å². The first kappa shape index (κ1) is 18.0. The summed E-state index contributed by atoms with van der Waals surface area (Å²) in [6.45, 7) is 1.77. The second-order valence-electron chi connectivity index (χ2n) is 6.21. The van der Waals surface area contributed by atoms with E-state index in [-0.39, 0.29) is 5.89 Å². The van der Waals surface area contributed by atoms with Gasteiger partial charge in [0.25, 0.3) is 5.89 Å². The van der Waals surface area contributed by atoms with Crippen LogP contribution in [0.2, 0.25) is 0 Å². The van der Waals surface area contributed by atoms with Crippen molar-refractivity contribution in [2.45, 2.75) is 19.5 Å². The Bertz CT molecular complexity index is 1100. The van der Waals surface area contributed by atoms with Crippen molar-refractivity contribution in [2.24, 2.45) is 0 Å². The lowest BCUT2D eigenvalue weighted by Crippen LogP contribution is -2.04. The second kappa shape index (κ2) is 6.95. The highest BCUT2D eigenvalue weighted by Gasteiger charge is 2.30. The van der Waals surface area contributed by atoms with E-state index in [2.05, 4.69) is 15.2 Å². The molecule has 4 aromatic rings. The van der Waals surface area contributed by atoms with Crippen LogP contribution in [-0.2, 0) is 12.6 Å². The lowest BCUT2D eigenvalue weighted by atomic mass is 9.99. The number of alkyl halides is 3. The van der Waals surface area contributed by atoms with E-state index in [4.69, 9.17) is 8.83 Å². The molecule has 0 aliphatic carbocycles. The summed E-state index contributed by atoms with van der Waals surface area (Å²) in [7, 11) is 0. The number of aryl methyl sites for hydroxylation is 1. The predicted molar refractivity (Wildman–Crippen MR) is 94.2 cm³/mol. The normalized spacial score (nSPS) is 11.7. The topological polar surface area (TPSA) is 65.0 Å². The maximum atomic E-state index is 12.7. The summed E-state index contributed by atoms with van der Waals surface area (Å²) in [5.74, 6) is 0.918. The standard InChI is InChI=1S/C20H14F3N3O2/c1-12-17(27-11-24-12)19-26-25-18(28-19)16-5-3-2-4-14(16)10-13-6-8-15(9-7-13)20(21,22)23/h2-9,11H,10H2,1H3. The number of nitrogens with zero attached hydrogens (tertiary/aromatic N) is 3. The average Bonchev–Trinajstić information content (AvgIpc) is 3.31. The minimum Gasteiger partial charge on any atom is -0.438 e. The molecular weight excluding hydrogens is 371 g/mol. The van der Waals surface area contributed by atoms with Crippen molar-refractivity contribution < 1.29 is 22.0 Å². The molecule has 0 unspecified atom stereocenters. The van der Waals surface area contributed by atoms with Crippen LogP contribution >= 0.6 is 0 Å². The first-order chi connectivity index (χ1) is 13.4. The Labute approximate surface area is 157 Å². The number of hydrogen-bond donors (Lipinski definition) is 0. The molecular formula is C20H14F3N3O2. The maximum Gasteiger partial charge on any atom is 0.416 e. The molecule has 4 rings (SSSR count). The molecule has 0 saturated heterocycles. The molecule has 2 aromatic heterocycles. The zero-order valence-corrected chi connectivity index (χ0v) is 14.7. The summed E-state index contributed by atoms with van der Waals surface area (Å²) in [4.78, 5) is 4.00. The number of hydrogen-bond acceptors (Lipinski definition) is 5. The Morgan fingerprint density at radius 2 is 1.64 bits per heavy atom. The first-order valence-electron chi connectivity index (χ1n) is 8.40. The van der Waals surface area contributed by atoms with Gasteiger partial charge in [0, 0.05) is 5.56 Å². The van der Waals surface area contributed by atoms with Crippen LogP contribution in [0.3, 0.4) is 0 Å². The largest absolute Gasteiger partial charge is 0.438 e. The summed E-state index contributed by atoms with van der Waals surface area (Å²) >= 11 is 0. The van der Waals surface area contributed by atoms with Gasteiger partial charge in [0.1, 0.15) is 0 Å². The van der Waals surface area contributed by atoms with Crippen LogP contribution in [0.5, 0.6) is 0 Å². The summed E-state index contributed by atoms with van der Waals surface area (Å²) in [5.41, 5.74) is 2.26. The van der Waals surface area contributed by atoms with E-state index in [1.54, 1.807) is 6.92 Å². The molecule has 0 aliphatic heterocycles. The molecule has 28 heavy (non-hydrogen) atoms. The maximum absolute atomic E-state index is 12.7. The fourth-order valence-corrected chi connectivity index (χ4v) is 2.85. The highest BCUT2D eigenvalue weighted by atomic mass is 19.4. The summed E-state index contributed by atoms with van der Waals surface area (Å²) in [5, 5.41) is 8.09. The van der Waals surface area contributed by atoms with E-state index >= 15 is 0 Å². The summed E-state index contributed by atoms with van der Waals surface area (Å²) in [6, 6.07) is 12.5. The lowest BCUT2D eigenvalue weighted by molar-refractivity contribution is -0.137. The Kier molecular flexibility index (Phi) is 4.46. The van der Waals surface area contributed by atoms with E-state index in [9.17, 15) is 13.2 Å². The molecule has 0 fully saturated rings. The van der Waals surface area contributed by atoms with Gasteiger partial charge in [0.2, 0.25) is 11.7 Å². The van der Waals surface area contributed by atoms with Gasteiger partial charge in [0.05, 0.1) is 11.3 Å². The van der Waals surface area contributed by atoms with Crippen molar-refractivity contribution in [2.75, 3.05) is 0 Å². The van der Waals surface area contributed by atoms with Crippen molar-refractivity contribution in [3.05, 3.63) is 77.3 Å². The van der Waals surface area contributed by atoms with Gasteiger partial charge in [0.15, 0.2) is 6.39 Å². The lowest BCUT2D eigenvalue weighted by Gasteiger charge is -2.09. The molecule has 8 heteroatoms. The molecule has 0 spiro atoms. The number of halogens is 3. The molecule has 0 N–H and O–H groups in total. The second-order valence-corrected chi connectivity index (χ2v) is 6.21. The molecule has 0 atom stereocenters. The summed E-state index contributed by atoms with van der Waals surface area (Å²) < 4.78 is 49.2. The Morgan fingerprint density at radius 3 is 2.32 bits per heavy atom. The van der Waals surface area contributed by atoms with Crippen LogP contribution < -0.4 is 0 Å². The van der Waals surface area contributed by atoms with Gasteiger partial charge in [-0.3, -0.25) is 0 Å². The van der Waals surface area contributed by atoms with Crippen LogP contribution in [0.25, 0.3) is 23.1 Å². The molecule has 0 aliphatic rings. The first-order valence-corrected chi connectivity index (χ1v) is 8.40. The monoisotopic (exact) mass is 385 g/mol. The minimum atomic E-state index is -4.35. The van der Waals surface area contributed by atoms with E-state index in [1.165, 1.54) is 18.5 Å². The number of oxazole rings is 1. The number of aromatic nitrogens is 3. The van der Waals surface area contributed by atoms with E-state index in [0.29, 0.717) is 29.3 Å². The fraction of sp³-hybridized carbons (Fsp3) is 0.150. The van der Waals surface area contributed by atoms with Crippen molar-refractivity contribution in [3.63, 3.8) is 0 Å². The molecule has 0 radical (unpaired) electrons. The zero-order chi connectivity index (χ0) is 19.7. The molecule has 5 nitrogen and oxygen atoms in total. The molecule has 0 saturated carbocycles. The molecule has 2 aromatic carbocycles. The Morgan fingerprint density at radius 1 is 0.929 bits per heavy atom. The van der Waals surface area contributed by atoms with Crippen LogP contribution in [0.1, 0.15) is 22.4 Å². The van der Waals surface area contributed by atoms with E-state index in [1.807, 2.05) is 24.3 Å². The van der Waals surface area contributed by atoms with Gasteiger partial charge < -0.3 is 8.83 Å². The molecule has 0 bridgehead atoms. The average molecular weight is 385 g/mol. The highest BCUT2D eigenvalue weighted by molar-refractivity contribution is 5.61. The highest BCUT2D eigenvalue weighted by Crippen LogP contribution is 2.31. The van der Waals surface area contributed by atoms with Gasteiger partial charge in [-0.2, -0.15) is 13.2 Å². The molecule has 142 valence electrons. The Hall–Kier alpha value is -3.42. The van der Waals surface area contributed by atoms with Crippen LogP contribution in [0.15, 0.2) is 63.8 Å². The van der Waals surface area contributed by atoms with Crippen LogP contribution in [0, 0.1) is 6.92 Å². The number of benzene rings is 2. The molecule has 2 heterocycles. The van der Waals surface area contributed by atoms with Crippen molar-refractivity contribution in [1.82, 2.24) is 15.2 Å². The van der Waals surface area contributed by atoms with Gasteiger partial charge in [-0.05, 0) is 42.7 Å². The summed E-state index contributed by atoms with van der Waals surface area (Å²) in [6.07, 6.45) is -2.63. The SMILES string of the molecule is Cc1ncoc1-c1nnc(-c2ccccc2Cc2ccc(C(F)(F)F)cc2)o1. The quantitative estimate of drug-likeness (QED) is 0.476. The molecule has 0 amide bonds. The van der Waals surface area contributed by atoms with Gasteiger partial charge in [-0.25, -0.2) is 4.98 Å². The van der Waals surface area contributed by atoms with Crippen molar-refractivity contribution in [1.29, 1.82) is 0 Å². The van der Waals surface area contributed by atoms with Gasteiger partial charge in [-0.1, -0.05) is 30.3 Å². The third-order valence-electron chi connectivity index (χ3n) is 4.29. The zero-order valence-electron chi connectivity index (χ0n) is 14.7. The minimum absolute atomic E-state index is 0.217. The third kappa shape index (κ3) is 3.53. The number of rotatable bonds is 4. The Balaban J connectivity index is 1.63. The fourth-order valence-electron chi connectivity index (χ4n) is 2.85. The van der Waals surface area contributed by atoms with Crippen LogP contribution in [-0.4, -0.2) is 15.2 Å². The van der Waals surface area contributed by atoms with E-state index < -0.39 is 11.7 Å².